The molecular formula is C13H14N4S+2. The Labute approximate surface area is 108 Å². The maximum atomic E-state index is 5.56. The van der Waals surface area contributed by atoms with E-state index in [9.17, 15) is 0 Å². The zero-order valence-corrected chi connectivity index (χ0v) is 10.8. The molecule has 0 aliphatic rings. The van der Waals surface area contributed by atoms with Crippen LogP contribution in [0.2, 0.25) is 0 Å². The Hall–Kier alpha value is -2.14. The molecule has 18 heavy (non-hydrogen) atoms. The Morgan fingerprint density at radius 2 is 2.06 bits per heavy atom. The third-order valence-corrected chi connectivity index (χ3v) is 3.99. The van der Waals surface area contributed by atoms with Crippen molar-refractivity contribution in [1.82, 2.24) is 4.57 Å². The van der Waals surface area contributed by atoms with Gasteiger partial charge in [0.2, 0.25) is 0 Å². The van der Waals surface area contributed by atoms with E-state index in [1.807, 2.05) is 24.3 Å². The lowest BCUT2D eigenvalue weighted by atomic mass is 10.1. The summed E-state index contributed by atoms with van der Waals surface area (Å²) in [5.74, 6) is 0.351. The Morgan fingerprint density at radius 3 is 2.67 bits per heavy atom. The molecule has 2 heterocycles. The molecule has 1 aromatic carbocycles. The predicted molar refractivity (Wildman–Crippen MR) is 72.1 cm³/mol. The zero-order chi connectivity index (χ0) is 12.7. The number of hydrogen-bond acceptors (Lipinski definition) is 1. The number of rotatable bonds is 2. The third kappa shape index (κ3) is 1.60. The van der Waals surface area contributed by atoms with Crippen molar-refractivity contribution in [3.63, 3.8) is 0 Å². The zero-order valence-electron chi connectivity index (χ0n) is 10.00. The molecule has 5 heteroatoms. The van der Waals surface area contributed by atoms with Crippen LogP contribution in [0, 0.1) is 0 Å². The first-order chi connectivity index (χ1) is 8.66. The monoisotopic (exact) mass is 258 g/mol. The Balaban J connectivity index is 2.11. The van der Waals surface area contributed by atoms with Crippen LogP contribution in [-0.2, 0) is 7.05 Å². The summed E-state index contributed by atoms with van der Waals surface area (Å²) in [4.78, 5) is 1.21. The minimum Gasteiger partial charge on any atom is -0.287 e. The van der Waals surface area contributed by atoms with Crippen LogP contribution in [0.15, 0.2) is 42.0 Å². The fourth-order valence-corrected chi connectivity index (χ4v) is 2.86. The lowest BCUT2D eigenvalue weighted by Gasteiger charge is -1.98. The van der Waals surface area contributed by atoms with Crippen LogP contribution in [0.4, 0.5) is 0 Å². The minimum absolute atomic E-state index is 0.351. The first-order valence-electron chi connectivity index (χ1n) is 5.59. The third-order valence-electron chi connectivity index (χ3n) is 3.04. The van der Waals surface area contributed by atoms with Gasteiger partial charge in [-0.1, -0.05) is 11.3 Å². The standard InChI is InChI=1S/C13H13N4S/c1-16-11(8-17-6-7-18-13(16)17)9-2-4-10(5-3-9)12(14)15/h2-8H,1H3,(H3,14,15)/q+1/p+1. The van der Waals surface area contributed by atoms with Gasteiger partial charge in [0.25, 0.3) is 5.84 Å². The number of nitrogens with two attached hydrogens (primary N) is 2. The molecule has 3 aromatic rings. The predicted octanol–water partition coefficient (Wildman–Crippen LogP) is -0.0433. The molecule has 3 rings (SSSR count). The molecule has 0 fully saturated rings. The number of nitrogens with zero attached hydrogens (tertiary/aromatic N) is 2. The number of thiazole rings is 1. The average molecular weight is 258 g/mol. The molecule has 0 radical (unpaired) electrons. The van der Waals surface area contributed by atoms with Gasteiger partial charge in [0, 0.05) is 10.9 Å². The van der Waals surface area contributed by atoms with E-state index in [1.54, 1.807) is 11.3 Å². The van der Waals surface area contributed by atoms with E-state index in [4.69, 9.17) is 11.1 Å². The number of aromatic nitrogens is 2. The molecule has 2 aromatic heterocycles. The van der Waals surface area contributed by atoms with E-state index in [0.29, 0.717) is 5.84 Å². The Morgan fingerprint density at radius 1 is 1.33 bits per heavy atom. The highest BCUT2D eigenvalue weighted by atomic mass is 32.1. The maximum absolute atomic E-state index is 5.56. The Bertz CT molecular complexity index is 721. The van der Waals surface area contributed by atoms with Gasteiger partial charge >= 0.3 is 4.96 Å². The smallest absolute Gasteiger partial charge is 0.287 e. The molecule has 0 spiro atoms. The van der Waals surface area contributed by atoms with Crippen LogP contribution < -0.4 is 15.5 Å². The summed E-state index contributed by atoms with van der Waals surface area (Å²) in [7, 11) is 2.07. The van der Waals surface area contributed by atoms with E-state index < -0.39 is 0 Å². The average Bonchev–Trinajstić information content (AvgIpc) is 2.93. The summed E-state index contributed by atoms with van der Waals surface area (Å²) >= 11 is 1.72. The molecule has 0 unspecified atom stereocenters. The first-order valence-corrected chi connectivity index (χ1v) is 6.47. The summed E-state index contributed by atoms with van der Waals surface area (Å²) in [6.07, 6.45) is 4.18. The largest absolute Gasteiger partial charge is 0.345 e. The summed E-state index contributed by atoms with van der Waals surface area (Å²) in [6, 6.07) is 7.95. The lowest BCUT2D eigenvalue weighted by molar-refractivity contribution is -0.505. The van der Waals surface area contributed by atoms with Crippen LogP contribution in [0.3, 0.4) is 0 Å². The van der Waals surface area contributed by atoms with E-state index in [2.05, 4.69) is 33.8 Å². The van der Waals surface area contributed by atoms with Crippen LogP contribution >= 0.6 is 11.3 Å². The normalized spacial score (nSPS) is 10.9. The van der Waals surface area contributed by atoms with Gasteiger partial charge in [0.15, 0.2) is 5.69 Å². The minimum atomic E-state index is 0.351. The van der Waals surface area contributed by atoms with Gasteiger partial charge in [-0.2, -0.15) is 4.40 Å². The van der Waals surface area contributed by atoms with Crippen molar-refractivity contribution in [2.75, 3.05) is 0 Å². The van der Waals surface area contributed by atoms with Gasteiger partial charge in [-0.05, 0) is 24.3 Å². The summed E-state index contributed by atoms with van der Waals surface area (Å²) in [6.45, 7) is 0. The van der Waals surface area contributed by atoms with E-state index in [-0.39, 0.29) is 0 Å². The molecule has 4 nitrogen and oxygen atoms in total. The second-order valence-corrected chi connectivity index (χ2v) is 5.07. The number of fused-ring (bicyclic) bond motifs is 1. The van der Waals surface area contributed by atoms with Crippen LogP contribution in [0.5, 0.6) is 0 Å². The molecule has 90 valence electrons. The van der Waals surface area contributed by atoms with Gasteiger partial charge in [0.1, 0.15) is 12.4 Å². The van der Waals surface area contributed by atoms with E-state index >= 15 is 0 Å². The van der Waals surface area contributed by atoms with Crippen LogP contribution in [-0.4, -0.2) is 10.4 Å². The quantitative estimate of drug-likeness (QED) is 0.378. The second-order valence-electron chi connectivity index (χ2n) is 4.20. The summed E-state index contributed by atoms with van der Waals surface area (Å²) in [5, 5.41) is 7.64. The maximum Gasteiger partial charge on any atom is 0.345 e. The second kappa shape index (κ2) is 3.96. The molecule has 4 N–H and O–H groups in total. The Kier molecular flexibility index (Phi) is 2.41. The molecular weight excluding hydrogens is 244 g/mol. The van der Waals surface area contributed by atoms with Gasteiger partial charge in [-0.3, -0.25) is 11.1 Å². The number of hydrogen-bond donors (Lipinski definition) is 2. The topological polar surface area (TPSA) is 60.6 Å². The summed E-state index contributed by atoms with van der Waals surface area (Å²) in [5.41, 5.74) is 8.75. The molecule has 0 saturated carbocycles. The van der Waals surface area contributed by atoms with Gasteiger partial charge in [-0.15, -0.1) is 0 Å². The van der Waals surface area contributed by atoms with Crippen molar-refractivity contribution in [3.8, 4) is 11.3 Å². The van der Waals surface area contributed by atoms with Crippen molar-refractivity contribution >= 4 is 22.1 Å². The number of aryl methyl sites for hydroxylation is 1. The SMILES string of the molecule is Cn1c(-c2ccc(C(N)=[NH2+])cc2)c[n+]2ccsc12. The van der Waals surface area contributed by atoms with Gasteiger partial charge in [0.05, 0.1) is 12.6 Å². The fraction of sp³-hybridized carbons (Fsp3) is 0.0769. The van der Waals surface area contributed by atoms with Crippen molar-refractivity contribution in [3.05, 3.63) is 47.6 Å². The summed E-state index contributed by atoms with van der Waals surface area (Å²) < 4.78 is 4.30. The van der Waals surface area contributed by atoms with Crippen LogP contribution in [0.1, 0.15) is 5.56 Å². The van der Waals surface area contributed by atoms with E-state index in [1.165, 1.54) is 10.7 Å². The van der Waals surface area contributed by atoms with Crippen LogP contribution in [0.25, 0.3) is 16.2 Å². The van der Waals surface area contributed by atoms with Gasteiger partial charge < -0.3 is 0 Å². The molecule has 0 amide bonds. The molecule has 0 aliphatic carbocycles. The van der Waals surface area contributed by atoms with Crippen molar-refractivity contribution in [1.29, 1.82) is 0 Å². The first kappa shape index (κ1) is 11.0. The number of benzene rings is 1. The highest BCUT2D eigenvalue weighted by molar-refractivity contribution is 7.14. The van der Waals surface area contributed by atoms with Crippen molar-refractivity contribution in [2.45, 2.75) is 0 Å². The molecule has 0 saturated heterocycles. The highest BCUT2D eigenvalue weighted by Crippen LogP contribution is 2.21. The van der Waals surface area contributed by atoms with Crippen molar-refractivity contribution in [2.24, 2.45) is 12.8 Å². The number of imidazole rings is 1. The molecule has 0 aliphatic heterocycles. The molecule has 0 atom stereocenters. The lowest BCUT2D eigenvalue weighted by Crippen LogP contribution is -2.46. The van der Waals surface area contributed by atoms with E-state index in [0.717, 1.165) is 11.1 Å². The van der Waals surface area contributed by atoms with Crippen molar-refractivity contribution < 1.29 is 9.81 Å². The number of amidine groups is 1. The fourth-order valence-electron chi connectivity index (χ4n) is 2.05. The molecule has 0 bridgehead atoms. The van der Waals surface area contributed by atoms with Gasteiger partial charge in [-0.25, -0.2) is 4.57 Å². The highest BCUT2D eigenvalue weighted by Gasteiger charge is 2.16.